The fourth-order valence-corrected chi connectivity index (χ4v) is 4.82. The molecule has 0 radical (unpaired) electrons. The minimum atomic E-state index is -3.42. The molecule has 0 amide bonds. The third-order valence-electron chi connectivity index (χ3n) is 2.81. The second kappa shape index (κ2) is 7.38. The standard InChI is InChI=1S/C11H14Br2N2O2S.ClH/c12-9-2-3-10(13)11(8-9)18(16,17)15-6-1-4-14-5-7-15;/h2-3,8,14H,1,4-7H2;1H. The Hall–Kier alpha value is 0.340. The smallest absolute Gasteiger partial charge is 0.244 e. The summed E-state index contributed by atoms with van der Waals surface area (Å²) in [4.78, 5) is 0.318. The van der Waals surface area contributed by atoms with Gasteiger partial charge in [0.1, 0.15) is 0 Å². The third-order valence-corrected chi connectivity index (χ3v) is 6.20. The van der Waals surface area contributed by atoms with Gasteiger partial charge in [-0.05, 0) is 47.1 Å². The van der Waals surface area contributed by atoms with Crippen LogP contribution in [-0.2, 0) is 10.0 Å². The first kappa shape index (κ1) is 17.4. The molecular weight excluding hydrogens is 419 g/mol. The summed E-state index contributed by atoms with van der Waals surface area (Å²) in [6, 6.07) is 5.19. The number of hydrogen-bond acceptors (Lipinski definition) is 3. The van der Waals surface area contributed by atoms with Crippen LogP contribution in [0, 0.1) is 0 Å². The van der Waals surface area contributed by atoms with Crippen molar-refractivity contribution in [3.8, 4) is 0 Å². The van der Waals surface area contributed by atoms with Crippen LogP contribution in [0.3, 0.4) is 0 Å². The maximum Gasteiger partial charge on any atom is 0.244 e. The molecular formula is C11H15Br2ClN2O2S. The number of nitrogens with one attached hydrogen (secondary N) is 1. The van der Waals surface area contributed by atoms with Gasteiger partial charge in [-0.2, -0.15) is 4.31 Å². The minimum Gasteiger partial charge on any atom is -0.315 e. The van der Waals surface area contributed by atoms with Crippen molar-refractivity contribution in [1.29, 1.82) is 0 Å². The normalized spacial score (nSPS) is 17.6. The van der Waals surface area contributed by atoms with Crippen molar-refractivity contribution in [2.75, 3.05) is 26.2 Å². The van der Waals surface area contributed by atoms with Crippen LogP contribution < -0.4 is 5.32 Å². The van der Waals surface area contributed by atoms with Crippen LogP contribution in [0.25, 0.3) is 0 Å². The van der Waals surface area contributed by atoms with Gasteiger partial charge in [0.15, 0.2) is 0 Å². The fourth-order valence-electron chi connectivity index (χ4n) is 1.88. The van der Waals surface area contributed by atoms with Gasteiger partial charge >= 0.3 is 0 Å². The molecule has 0 aliphatic carbocycles. The summed E-state index contributed by atoms with van der Waals surface area (Å²) in [5.41, 5.74) is 0. The number of sulfonamides is 1. The zero-order valence-electron chi connectivity index (χ0n) is 10.1. The molecule has 0 aromatic heterocycles. The van der Waals surface area contributed by atoms with Gasteiger partial charge in [0.25, 0.3) is 0 Å². The zero-order valence-corrected chi connectivity index (χ0v) is 14.9. The van der Waals surface area contributed by atoms with E-state index < -0.39 is 10.0 Å². The summed E-state index contributed by atoms with van der Waals surface area (Å²) in [6.45, 7) is 2.64. The van der Waals surface area contributed by atoms with Gasteiger partial charge in [0.2, 0.25) is 10.0 Å². The van der Waals surface area contributed by atoms with Gasteiger partial charge in [-0.1, -0.05) is 15.9 Å². The Balaban J connectivity index is 0.00000180. The molecule has 0 saturated carbocycles. The molecule has 1 heterocycles. The molecule has 1 saturated heterocycles. The van der Waals surface area contributed by atoms with E-state index in [-0.39, 0.29) is 12.4 Å². The van der Waals surface area contributed by atoms with E-state index in [1.165, 1.54) is 0 Å². The van der Waals surface area contributed by atoms with Crippen molar-refractivity contribution in [2.24, 2.45) is 0 Å². The van der Waals surface area contributed by atoms with Crippen LogP contribution in [0.1, 0.15) is 6.42 Å². The van der Waals surface area contributed by atoms with E-state index in [0.717, 1.165) is 17.4 Å². The summed E-state index contributed by atoms with van der Waals surface area (Å²) in [5.74, 6) is 0. The van der Waals surface area contributed by atoms with E-state index in [2.05, 4.69) is 37.2 Å². The number of halogens is 3. The molecule has 1 aromatic carbocycles. The lowest BCUT2D eigenvalue weighted by atomic mass is 10.4. The van der Waals surface area contributed by atoms with Crippen LogP contribution in [0.2, 0.25) is 0 Å². The molecule has 19 heavy (non-hydrogen) atoms. The highest BCUT2D eigenvalue weighted by molar-refractivity contribution is 9.11. The summed E-state index contributed by atoms with van der Waals surface area (Å²) in [7, 11) is -3.42. The third kappa shape index (κ3) is 4.15. The molecule has 8 heteroatoms. The summed E-state index contributed by atoms with van der Waals surface area (Å²) < 4.78 is 28.0. The van der Waals surface area contributed by atoms with Gasteiger partial charge in [0, 0.05) is 28.6 Å². The lowest BCUT2D eigenvalue weighted by Crippen LogP contribution is -2.34. The van der Waals surface area contributed by atoms with E-state index in [9.17, 15) is 8.42 Å². The van der Waals surface area contributed by atoms with Crippen molar-refractivity contribution in [2.45, 2.75) is 11.3 Å². The van der Waals surface area contributed by atoms with Gasteiger partial charge in [0.05, 0.1) is 4.90 Å². The first-order valence-electron chi connectivity index (χ1n) is 5.68. The van der Waals surface area contributed by atoms with Crippen LogP contribution in [-0.4, -0.2) is 38.9 Å². The van der Waals surface area contributed by atoms with Crippen LogP contribution >= 0.6 is 44.3 Å². The first-order chi connectivity index (χ1) is 8.51. The quantitative estimate of drug-likeness (QED) is 0.779. The molecule has 1 aliphatic heterocycles. The molecule has 1 fully saturated rings. The summed E-state index contributed by atoms with van der Waals surface area (Å²) in [6.07, 6.45) is 0.838. The average molecular weight is 435 g/mol. The molecule has 2 rings (SSSR count). The second-order valence-electron chi connectivity index (χ2n) is 4.08. The van der Waals surface area contributed by atoms with Gasteiger partial charge < -0.3 is 5.32 Å². The highest BCUT2D eigenvalue weighted by atomic mass is 79.9. The van der Waals surface area contributed by atoms with E-state index >= 15 is 0 Å². The van der Waals surface area contributed by atoms with Crippen LogP contribution in [0.5, 0.6) is 0 Å². The Bertz CT molecular complexity index is 531. The van der Waals surface area contributed by atoms with Crippen LogP contribution in [0.4, 0.5) is 0 Å². The molecule has 1 aliphatic rings. The number of rotatable bonds is 2. The first-order valence-corrected chi connectivity index (χ1v) is 8.70. The maximum absolute atomic E-state index is 12.6. The highest BCUT2D eigenvalue weighted by Crippen LogP contribution is 2.28. The lowest BCUT2D eigenvalue weighted by molar-refractivity contribution is 0.431. The van der Waals surface area contributed by atoms with Crippen molar-refractivity contribution in [1.82, 2.24) is 9.62 Å². The van der Waals surface area contributed by atoms with Gasteiger partial charge in [-0.15, -0.1) is 12.4 Å². The second-order valence-corrected chi connectivity index (χ2v) is 7.76. The largest absolute Gasteiger partial charge is 0.315 e. The van der Waals surface area contributed by atoms with E-state index in [1.54, 1.807) is 16.4 Å². The van der Waals surface area contributed by atoms with Crippen molar-refractivity contribution < 1.29 is 8.42 Å². The predicted octanol–water partition coefficient (Wildman–Crippen LogP) is 2.62. The van der Waals surface area contributed by atoms with E-state index in [4.69, 9.17) is 0 Å². The van der Waals surface area contributed by atoms with Crippen molar-refractivity contribution >= 4 is 54.3 Å². The van der Waals surface area contributed by atoms with Crippen molar-refractivity contribution in [3.63, 3.8) is 0 Å². The molecule has 0 bridgehead atoms. The predicted molar refractivity (Wildman–Crippen MR) is 85.3 cm³/mol. The molecule has 0 spiro atoms. The molecule has 1 N–H and O–H groups in total. The summed E-state index contributed by atoms with van der Waals surface area (Å²) in [5, 5.41) is 3.20. The fraction of sp³-hybridized carbons (Fsp3) is 0.455. The summed E-state index contributed by atoms with van der Waals surface area (Å²) >= 11 is 6.62. The van der Waals surface area contributed by atoms with Gasteiger partial charge in [-0.25, -0.2) is 8.42 Å². The molecule has 4 nitrogen and oxygen atoms in total. The maximum atomic E-state index is 12.6. The van der Waals surface area contributed by atoms with Gasteiger partial charge in [-0.3, -0.25) is 0 Å². The van der Waals surface area contributed by atoms with E-state index in [0.29, 0.717) is 29.0 Å². The van der Waals surface area contributed by atoms with E-state index in [1.807, 2.05) is 6.07 Å². The molecule has 1 aromatic rings. The number of nitrogens with zero attached hydrogens (tertiary/aromatic N) is 1. The Kier molecular flexibility index (Phi) is 6.75. The minimum absolute atomic E-state index is 0. The monoisotopic (exact) mass is 432 g/mol. The molecule has 0 atom stereocenters. The molecule has 108 valence electrons. The lowest BCUT2D eigenvalue weighted by Gasteiger charge is -2.20. The Morgan fingerprint density at radius 1 is 1.16 bits per heavy atom. The Morgan fingerprint density at radius 2 is 1.89 bits per heavy atom. The number of hydrogen-bond donors (Lipinski definition) is 1. The molecule has 0 unspecified atom stereocenters. The Labute approximate surface area is 136 Å². The highest BCUT2D eigenvalue weighted by Gasteiger charge is 2.27. The Morgan fingerprint density at radius 3 is 2.63 bits per heavy atom. The zero-order chi connectivity index (χ0) is 13.2. The van der Waals surface area contributed by atoms with Crippen LogP contribution in [0.15, 0.2) is 32.0 Å². The van der Waals surface area contributed by atoms with Crippen molar-refractivity contribution in [3.05, 3.63) is 27.1 Å². The SMILES string of the molecule is Cl.O=S(=O)(c1cc(Br)ccc1Br)N1CCCNCC1. The number of benzene rings is 1. The average Bonchev–Trinajstić information content (AvgIpc) is 2.61. The topological polar surface area (TPSA) is 49.4 Å².